The van der Waals surface area contributed by atoms with Crippen LogP contribution in [0.5, 0.6) is 5.75 Å². The fourth-order valence-corrected chi connectivity index (χ4v) is 2.16. The van der Waals surface area contributed by atoms with E-state index in [2.05, 4.69) is 15.9 Å². The third-order valence-corrected chi connectivity index (χ3v) is 3.10. The monoisotopic (exact) mass is 304 g/mol. The van der Waals surface area contributed by atoms with E-state index in [1.165, 1.54) is 0 Å². The highest BCUT2D eigenvalue weighted by atomic mass is 79.9. The number of rotatable bonds is 4. The zero-order valence-electron chi connectivity index (χ0n) is 10.0. The van der Waals surface area contributed by atoms with Crippen molar-refractivity contribution in [1.29, 1.82) is 0 Å². The maximum atomic E-state index is 12.0. The van der Waals surface area contributed by atoms with Crippen molar-refractivity contribution in [3.05, 3.63) is 64.1 Å². The summed E-state index contributed by atoms with van der Waals surface area (Å²) in [5.41, 5.74) is 1.65. The Morgan fingerprint density at radius 1 is 1.17 bits per heavy atom. The number of ketones is 1. The molecule has 0 fully saturated rings. The highest BCUT2D eigenvalue weighted by Crippen LogP contribution is 2.17. The van der Waals surface area contributed by atoms with E-state index in [0.717, 1.165) is 10.0 Å². The Hall–Kier alpha value is -1.61. The summed E-state index contributed by atoms with van der Waals surface area (Å²) in [5, 5.41) is 0. The Morgan fingerprint density at radius 3 is 2.56 bits per heavy atom. The van der Waals surface area contributed by atoms with Crippen LogP contribution in [0.2, 0.25) is 0 Å². The number of para-hydroxylation sites is 1. The van der Waals surface area contributed by atoms with Gasteiger partial charge in [0.05, 0.1) is 0 Å². The summed E-state index contributed by atoms with van der Waals surface area (Å²) in [6.07, 6.45) is 0. The highest BCUT2D eigenvalue weighted by Gasteiger charge is 2.09. The van der Waals surface area contributed by atoms with Crippen molar-refractivity contribution >= 4 is 21.7 Å². The number of halogens is 1. The Morgan fingerprint density at radius 2 is 1.89 bits per heavy atom. The fraction of sp³-hybridized carbons (Fsp3) is 0.133. The van der Waals surface area contributed by atoms with Gasteiger partial charge in [-0.15, -0.1) is 0 Å². The van der Waals surface area contributed by atoms with E-state index in [-0.39, 0.29) is 12.4 Å². The zero-order chi connectivity index (χ0) is 13.0. The molecule has 2 nitrogen and oxygen atoms in total. The highest BCUT2D eigenvalue weighted by molar-refractivity contribution is 9.10. The van der Waals surface area contributed by atoms with Gasteiger partial charge in [0, 0.05) is 10.0 Å². The van der Waals surface area contributed by atoms with E-state index < -0.39 is 0 Å². The van der Waals surface area contributed by atoms with Crippen LogP contribution in [0.25, 0.3) is 0 Å². The van der Waals surface area contributed by atoms with Crippen molar-refractivity contribution < 1.29 is 9.53 Å². The number of carbonyl (C=O) groups excluding carboxylic acids is 1. The molecule has 0 saturated heterocycles. The first kappa shape index (κ1) is 12.8. The van der Waals surface area contributed by atoms with Crippen molar-refractivity contribution in [2.24, 2.45) is 0 Å². The van der Waals surface area contributed by atoms with Gasteiger partial charge in [0.15, 0.2) is 12.4 Å². The third-order valence-electron chi connectivity index (χ3n) is 2.60. The second kappa shape index (κ2) is 5.83. The minimum Gasteiger partial charge on any atom is -0.485 e. The number of hydrogen-bond donors (Lipinski definition) is 0. The summed E-state index contributed by atoms with van der Waals surface area (Å²) < 4.78 is 6.42. The van der Waals surface area contributed by atoms with Gasteiger partial charge in [0.25, 0.3) is 0 Å². The molecule has 0 spiro atoms. The summed E-state index contributed by atoms with van der Waals surface area (Å²) in [7, 11) is 0. The van der Waals surface area contributed by atoms with E-state index in [4.69, 9.17) is 4.74 Å². The van der Waals surface area contributed by atoms with Gasteiger partial charge in [-0.05, 0) is 42.8 Å². The zero-order valence-corrected chi connectivity index (χ0v) is 11.6. The lowest BCUT2D eigenvalue weighted by Crippen LogP contribution is -2.12. The predicted octanol–water partition coefficient (Wildman–Crippen LogP) is 4.02. The first-order valence-electron chi connectivity index (χ1n) is 5.64. The molecule has 0 unspecified atom stereocenters. The first-order valence-corrected chi connectivity index (χ1v) is 6.43. The standard InChI is InChI=1S/C15H13BrO2/c1-11-9-12(16)7-8-14(11)15(17)10-18-13-5-3-2-4-6-13/h2-9H,10H2,1H3. The Kier molecular flexibility index (Phi) is 4.15. The molecule has 3 heteroatoms. The van der Waals surface area contributed by atoms with Gasteiger partial charge in [-0.25, -0.2) is 0 Å². The van der Waals surface area contributed by atoms with Gasteiger partial charge < -0.3 is 4.74 Å². The van der Waals surface area contributed by atoms with Crippen LogP contribution in [0.3, 0.4) is 0 Å². The van der Waals surface area contributed by atoms with E-state index in [9.17, 15) is 4.79 Å². The molecule has 0 aliphatic heterocycles. The number of benzene rings is 2. The Bertz CT molecular complexity index is 550. The molecule has 2 aromatic rings. The van der Waals surface area contributed by atoms with Crippen LogP contribution >= 0.6 is 15.9 Å². The second-order valence-corrected chi connectivity index (χ2v) is 4.90. The molecule has 0 N–H and O–H groups in total. The topological polar surface area (TPSA) is 26.3 Å². The molecule has 2 rings (SSSR count). The van der Waals surface area contributed by atoms with Gasteiger partial charge in [0.2, 0.25) is 0 Å². The van der Waals surface area contributed by atoms with Crippen LogP contribution in [0.4, 0.5) is 0 Å². The van der Waals surface area contributed by atoms with Crippen LogP contribution < -0.4 is 4.74 Å². The number of aryl methyl sites for hydroxylation is 1. The van der Waals surface area contributed by atoms with E-state index >= 15 is 0 Å². The third kappa shape index (κ3) is 3.20. The van der Waals surface area contributed by atoms with Crippen molar-refractivity contribution in [1.82, 2.24) is 0 Å². The molecule has 0 aliphatic carbocycles. The summed E-state index contributed by atoms with van der Waals surface area (Å²) >= 11 is 3.38. The van der Waals surface area contributed by atoms with Crippen LogP contribution in [0.15, 0.2) is 53.0 Å². The Balaban J connectivity index is 2.04. The minimum atomic E-state index is -0.0103. The van der Waals surface area contributed by atoms with E-state index in [0.29, 0.717) is 11.3 Å². The minimum absolute atomic E-state index is 0.0103. The molecule has 0 atom stereocenters. The summed E-state index contributed by atoms with van der Waals surface area (Å²) in [4.78, 5) is 12.0. The molecule has 0 amide bonds. The molecule has 0 aliphatic rings. The van der Waals surface area contributed by atoms with Crippen molar-refractivity contribution in [3.63, 3.8) is 0 Å². The number of Topliss-reactive ketones (excluding diaryl/α,β-unsaturated/α-hetero) is 1. The molecule has 0 saturated carbocycles. The predicted molar refractivity (Wildman–Crippen MR) is 75.1 cm³/mol. The quantitative estimate of drug-likeness (QED) is 0.798. The molecule has 0 aromatic heterocycles. The summed E-state index contributed by atoms with van der Waals surface area (Å²) in [6, 6.07) is 14.9. The number of hydrogen-bond acceptors (Lipinski definition) is 2. The van der Waals surface area contributed by atoms with Crippen molar-refractivity contribution in [2.75, 3.05) is 6.61 Å². The lowest BCUT2D eigenvalue weighted by molar-refractivity contribution is 0.0921. The maximum Gasteiger partial charge on any atom is 0.200 e. The smallest absolute Gasteiger partial charge is 0.200 e. The fourth-order valence-electron chi connectivity index (χ4n) is 1.68. The molecular formula is C15H13BrO2. The average molecular weight is 305 g/mol. The number of carbonyl (C=O) groups is 1. The van der Waals surface area contributed by atoms with Gasteiger partial charge in [-0.1, -0.05) is 34.1 Å². The van der Waals surface area contributed by atoms with E-state index in [1.807, 2.05) is 55.5 Å². The first-order chi connectivity index (χ1) is 8.66. The molecular weight excluding hydrogens is 292 g/mol. The van der Waals surface area contributed by atoms with Crippen LogP contribution in [0.1, 0.15) is 15.9 Å². The molecule has 0 radical (unpaired) electrons. The summed E-state index contributed by atoms with van der Waals surface area (Å²) in [5.74, 6) is 0.699. The molecule has 18 heavy (non-hydrogen) atoms. The maximum absolute atomic E-state index is 12.0. The van der Waals surface area contributed by atoms with Crippen molar-refractivity contribution in [2.45, 2.75) is 6.92 Å². The van der Waals surface area contributed by atoms with Gasteiger partial charge in [-0.3, -0.25) is 4.79 Å². The van der Waals surface area contributed by atoms with E-state index in [1.54, 1.807) is 0 Å². The molecule has 0 heterocycles. The summed E-state index contributed by atoms with van der Waals surface area (Å²) in [6.45, 7) is 1.98. The van der Waals surface area contributed by atoms with Crippen molar-refractivity contribution in [3.8, 4) is 5.75 Å². The lowest BCUT2D eigenvalue weighted by Gasteiger charge is -2.07. The van der Waals surface area contributed by atoms with Crippen LogP contribution in [-0.2, 0) is 0 Å². The van der Waals surface area contributed by atoms with Crippen LogP contribution in [-0.4, -0.2) is 12.4 Å². The van der Waals surface area contributed by atoms with Crippen LogP contribution in [0, 0.1) is 6.92 Å². The SMILES string of the molecule is Cc1cc(Br)ccc1C(=O)COc1ccccc1. The average Bonchev–Trinajstić information content (AvgIpc) is 2.37. The molecule has 92 valence electrons. The van der Waals surface area contributed by atoms with Gasteiger partial charge >= 0.3 is 0 Å². The molecule has 2 aromatic carbocycles. The lowest BCUT2D eigenvalue weighted by atomic mass is 10.1. The Labute approximate surface area is 115 Å². The van der Waals surface area contributed by atoms with Gasteiger partial charge in [-0.2, -0.15) is 0 Å². The number of ether oxygens (including phenoxy) is 1. The van der Waals surface area contributed by atoms with Gasteiger partial charge in [0.1, 0.15) is 5.75 Å². The normalized spacial score (nSPS) is 10.1. The molecule has 0 bridgehead atoms. The largest absolute Gasteiger partial charge is 0.485 e. The second-order valence-electron chi connectivity index (χ2n) is 3.98.